The Bertz CT molecular complexity index is 793. The zero-order chi connectivity index (χ0) is 18.4. The van der Waals surface area contributed by atoms with Gasteiger partial charge in [0.25, 0.3) is 0 Å². The number of hydrogen-bond acceptors (Lipinski definition) is 3. The minimum absolute atomic E-state index is 0. The lowest BCUT2D eigenvalue weighted by Crippen LogP contribution is -2.46. The molecule has 1 aliphatic rings. The Kier molecular flexibility index (Phi) is 8.95. The molecule has 3 unspecified atom stereocenters. The number of fused-ring (bicyclic) bond motifs is 1. The Morgan fingerprint density at radius 3 is 2.89 bits per heavy atom. The average Bonchev–Trinajstić information content (AvgIpc) is 2.70. The Morgan fingerprint density at radius 1 is 1.30 bits per heavy atom. The molecule has 0 bridgehead atoms. The van der Waals surface area contributed by atoms with Crippen molar-refractivity contribution in [3.8, 4) is 0 Å². The van der Waals surface area contributed by atoms with E-state index in [1.807, 2.05) is 19.2 Å². The molecule has 1 heterocycles. The van der Waals surface area contributed by atoms with Crippen LogP contribution in [0.3, 0.4) is 0 Å². The van der Waals surface area contributed by atoms with E-state index in [4.69, 9.17) is 0 Å². The normalized spacial score (nSPS) is 21.3. The highest BCUT2D eigenvalue weighted by molar-refractivity contribution is 14.0. The molecule has 148 valence electrons. The van der Waals surface area contributed by atoms with E-state index >= 15 is 0 Å². The summed E-state index contributed by atoms with van der Waals surface area (Å²) < 4.78 is 12.1. The average molecular weight is 500 g/mol. The lowest BCUT2D eigenvalue weighted by atomic mass is 9.95. The van der Waals surface area contributed by atoms with Crippen LogP contribution in [0.1, 0.15) is 38.2 Å². The molecule has 2 aromatic rings. The zero-order valence-corrected chi connectivity index (χ0v) is 19.1. The van der Waals surface area contributed by atoms with Crippen molar-refractivity contribution in [1.82, 2.24) is 15.6 Å². The molecule has 3 atom stereocenters. The van der Waals surface area contributed by atoms with E-state index in [-0.39, 0.29) is 24.0 Å². The number of guanidine groups is 1. The maximum Gasteiger partial charge on any atom is 0.191 e. The molecule has 1 fully saturated rings. The van der Waals surface area contributed by atoms with Crippen LogP contribution >= 0.6 is 24.0 Å². The molecular formula is C20H29IN4OS. The van der Waals surface area contributed by atoms with E-state index in [9.17, 15) is 4.21 Å². The van der Waals surface area contributed by atoms with Gasteiger partial charge in [0.1, 0.15) is 0 Å². The molecule has 1 saturated carbocycles. The minimum atomic E-state index is -0.709. The summed E-state index contributed by atoms with van der Waals surface area (Å²) >= 11 is 0. The molecule has 0 amide bonds. The third kappa shape index (κ3) is 5.88. The third-order valence-electron chi connectivity index (χ3n) is 5.01. The predicted octanol–water partition coefficient (Wildman–Crippen LogP) is 3.60. The van der Waals surface area contributed by atoms with Crippen LogP contribution in [0, 0.1) is 0 Å². The van der Waals surface area contributed by atoms with Crippen molar-refractivity contribution >= 4 is 51.6 Å². The van der Waals surface area contributed by atoms with Crippen molar-refractivity contribution in [2.45, 2.75) is 50.4 Å². The van der Waals surface area contributed by atoms with Crippen LogP contribution in [0.5, 0.6) is 0 Å². The highest BCUT2D eigenvalue weighted by Gasteiger charge is 2.26. The van der Waals surface area contributed by atoms with Crippen molar-refractivity contribution in [2.75, 3.05) is 12.8 Å². The number of rotatable bonds is 5. The van der Waals surface area contributed by atoms with Gasteiger partial charge in [-0.1, -0.05) is 37.6 Å². The predicted molar refractivity (Wildman–Crippen MR) is 125 cm³/mol. The largest absolute Gasteiger partial charge is 0.354 e. The number of halogens is 1. The van der Waals surface area contributed by atoms with Gasteiger partial charge in [-0.25, -0.2) is 0 Å². The van der Waals surface area contributed by atoms with Gasteiger partial charge in [-0.05, 0) is 30.9 Å². The van der Waals surface area contributed by atoms with E-state index in [2.05, 4.69) is 44.9 Å². The second kappa shape index (κ2) is 10.9. The van der Waals surface area contributed by atoms with E-state index < -0.39 is 10.8 Å². The number of nitrogens with one attached hydrogen (secondary N) is 2. The fourth-order valence-corrected chi connectivity index (χ4v) is 4.98. The van der Waals surface area contributed by atoms with Crippen molar-refractivity contribution in [3.05, 3.63) is 42.1 Å². The maximum absolute atomic E-state index is 12.1. The van der Waals surface area contributed by atoms with Crippen LogP contribution < -0.4 is 10.6 Å². The van der Waals surface area contributed by atoms with Crippen LogP contribution in [0.25, 0.3) is 10.9 Å². The van der Waals surface area contributed by atoms with Gasteiger partial charge in [0.15, 0.2) is 5.96 Å². The van der Waals surface area contributed by atoms with Gasteiger partial charge in [0.2, 0.25) is 0 Å². The minimum Gasteiger partial charge on any atom is -0.354 e. The van der Waals surface area contributed by atoms with E-state index in [1.165, 1.54) is 0 Å². The number of hydrogen-bond donors (Lipinski definition) is 2. The number of pyridine rings is 1. The van der Waals surface area contributed by atoms with Gasteiger partial charge in [-0.2, -0.15) is 0 Å². The Morgan fingerprint density at radius 2 is 2.11 bits per heavy atom. The number of para-hydroxylation sites is 1. The zero-order valence-electron chi connectivity index (χ0n) is 16.0. The molecule has 1 aromatic heterocycles. The second-order valence-electron chi connectivity index (χ2n) is 6.72. The summed E-state index contributed by atoms with van der Waals surface area (Å²) in [7, 11) is 1.08. The lowest BCUT2D eigenvalue weighted by Gasteiger charge is -2.30. The highest BCUT2D eigenvalue weighted by Crippen LogP contribution is 2.23. The SMILES string of the molecule is CCS(=O)C1CCCC(NC(=NC)NCc2cccc3cccnc23)C1.I. The van der Waals surface area contributed by atoms with Gasteiger partial charge in [0.05, 0.1) is 5.52 Å². The van der Waals surface area contributed by atoms with Crippen molar-refractivity contribution in [3.63, 3.8) is 0 Å². The molecule has 7 heteroatoms. The van der Waals surface area contributed by atoms with E-state index in [0.29, 0.717) is 17.8 Å². The fraction of sp³-hybridized carbons (Fsp3) is 0.500. The molecule has 3 rings (SSSR count). The molecule has 0 spiro atoms. The first-order valence-corrected chi connectivity index (χ1v) is 10.8. The first kappa shape index (κ1) is 22.1. The number of aliphatic imine (C=N–C) groups is 1. The summed E-state index contributed by atoms with van der Waals surface area (Å²) in [6, 6.07) is 10.6. The summed E-state index contributed by atoms with van der Waals surface area (Å²) in [6.07, 6.45) is 6.09. The molecule has 1 aromatic carbocycles. The summed E-state index contributed by atoms with van der Waals surface area (Å²) in [5.41, 5.74) is 2.17. The Hall–Kier alpha value is -1.22. The fourth-order valence-electron chi connectivity index (χ4n) is 3.63. The summed E-state index contributed by atoms with van der Waals surface area (Å²) in [5, 5.41) is 8.38. The summed E-state index contributed by atoms with van der Waals surface area (Å²) in [5.74, 6) is 1.55. The molecule has 0 radical (unpaired) electrons. The second-order valence-corrected chi connectivity index (χ2v) is 8.72. The molecule has 5 nitrogen and oxygen atoms in total. The van der Waals surface area contributed by atoms with Crippen LogP contribution in [0.4, 0.5) is 0 Å². The van der Waals surface area contributed by atoms with Crippen molar-refractivity contribution in [1.29, 1.82) is 0 Å². The van der Waals surface area contributed by atoms with E-state index in [0.717, 1.165) is 53.9 Å². The van der Waals surface area contributed by atoms with Crippen LogP contribution in [0.2, 0.25) is 0 Å². The molecular weight excluding hydrogens is 471 g/mol. The summed E-state index contributed by atoms with van der Waals surface area (Å²) in [6.45, 7) is 2.68. The first-order valence-electron chi connectivity index (χ1n) is 9.38. The topological polar surface area (TPSA) is 66.4 Å². The molecule has 0 aliphatic heterocycles. The van der Waals surface area contributed by atoms with Crippen molar-refractivity contribution in [2.24, 2.45) is 4.99 Å². The maximum atomic E-state index is 12.1. The number of nitrogens with zero attached hydrogens (tertiary/aromatic N) is 2. The van der Waals surface area contributed by atoms with Gasteiger partial charge in [-0.3, -0.25) is 14.2 Å². The number of aromatic nitrogens is 1. The van der Waals surface area contributed by atoms with E-state index in [1.54, 1.807) is 7.05 Å². The van der Waals surface area contributed by atoms with Gasteiger partial charge in [-0.15, -0.1) is 24.0 Å². The molecule has 27 heavy (non-hydrogen) atoms. The van der Waals surface area contributed by atoms with Crippen LogP contribution in [-0.2, 0) is 17.3 Å². The molecule has 2 N–H and O–H groups in total. The van der Waals surface area contributed by atoms with Crippen LogP contribution in [0.15, 0.2) is 41.5 Å². The van der Waals surface area contributed by atoms with Crippen LogP contribution in [-0.4, -0.2) is 39.2 Å². The van der Waals surface area contributed by atoms with Gasteiger partial charge < -0.3 is 10.6 Å². The third-order valence-corrected chi connectivity index (χ3v) is 6.75. The first-order chi connectivity index (χ1) is 12.7. The standard InChI is InChI=1S/C20H28N4OS.HI/c1-3-26(25)18-11-5-10-17(13-18)24-20(21-2)23-14-16-8-4-7-15-9-6-12-22-19(15)16;/h4,6-9,12,17-18H,3,5,10-11,13-14H2,1-2H3,(H2,21,23,24);1H. The van der Waals surface area contributed by atoms with Gasteiger partial charge >= 0.3 is 0 Å². The Balaban J connectivity index is 0.00000261. The number of benzene rings is 1. The highest BCUT2D eigenvalue weighted by atomic mass is 127. The summed E-state index contributed by atoms with van der Waals surface area (Å²) in [4.78, 5) is 8.87. The van der Waals surface area contributed by atoms with Gasteiger partial charge in [0, 0.05) is 53.0 Å². The molecule has 0 saturated heterocycles. The smallest absolute Gasteiger partial charge is 0.191 e. The quantitative estimate of drug-likeness (QED) is 0.374. The van der Waals surface area contributed by atoms with Crippen molar-refractivity contribution < 1.29 is 4.21 Å². The lowest BCUT2D eigenvalue weighted by molar-refractivity contribution is 0.413. The molecule has 1 aliphatic carbocycles. The monoisotopic (exact) mass is 500 g/mol. The Labute approximate surface area is 181 Å².